The fraction of sp³-hybridized carbons (Fsp3) is 0.417. The second-order valence-corrected chi connectivity index (χ2v) is 5.99. The SMILES string of the molecule is CC1CC(n2c(N)nc3cc(I)c(F)cc32)C1. The molecule has 17 heavy (non-hydrogen) atoms. The summed E-state index contributed by atoms with van der Waals surface area (Å²) in [7, 11) is 0. The summed E-state index contributed by atoms with van der Waals surface area (Å²) in [6.45, 7) is 2.22. The number of anilines is 1. The molecular weight excluding hydrogens is 332 g/mol. The monoisotopic (exact) mass is 345 g/mol. The van der Waals surface area contributed by atoms with Crippen molar-refractivity contribution in [2.24, 2.45) is 5.92 Å². The quantitative estimate of drug-likeness (QED) is 0.806. The zero-order valence-electron chi connectivity index (χ0n) is 9.45. The van der Waals surface area contributed by atoms with E-state index in [1.165, 1.54) is 0 Å². The first kappa shape index (κ1) is 11.3. The second-order valence-electron chi connectivity index (χ2n) is 4.83. The summed E-state index contributed by atoms with van der Waals surface area (Å²) in [5.74, 6) is 1.02. The lowest BCUT2D eigenvalue weighted by Gasteiger charge is -2.34. The Kier molecular flexibility index (Phi) is 2.53. The Bertz CT molecular complexity index is 587. The Balaban J connectivity index is 2.17. The van der Waals surface area contributed by atoms with Crippen LogP contribution in [0.25, 0.3) is 11.0 Å². The fourth-order valence-corrected chi connectivity index (χ4v) is 3.01. The lowest BCUT2D eigenvalue weighted by atomic mass is 9.81. The molecule has 5 heteroatoms. The van der Waals surface area contributed by atoms with Crippen molar-refractivity contribution < 1.29 is 4.39 Å². The zero-order chi connectivity index (χ0) is 12.2. The largest absolute Gasteiger partial charge is 0.369 e. The number of imidazole rings is 1. The van der Waals surface area contributed by atoms with Crippen LogP contribution < -0.4 is 5.73 Å². The zero-order valence-corrected chi connectivity index (χ0v) is 11.6. The second kappa shape index (κ2) is 3.83. The first-order chi connectivity index (χ1) is 8.06. The molecule has 1 fully saturated rings. The molecule has 0 saturated heterocycles. The van der Waals surface area contributed by atoms with Crippen LogP contribution in [0.2, 0.25) is 0 Å². The number of nitrogen functional groups attached to an aromatic ring is 1. The molecule has 0 unspecified atom stereocenters. The summed E-state index contributed by atoms with van der Waals surface area (Å²) < 4.78 is 16.2. The van der Waals surface area contributed by atoms with Crippen molar-refractivity contribution in [2.75, 3.05) is 5.73 Å². The van der Waals surface area contributed by atoms with Crippen LogP contribution >= 0.6 is 22.6 Å². The predicted molar refractivity (Wildman–Crippen MR) is 74.3 cm³/mol. The van der Waals surface area contributed by atoms with Gasteiger partial charge in [0.2, 0.25) is 5.95 Å². The summed E-state index contributed by atoms with van der Waals surface area (Å²) in [5, 5.41) is 0. The Hall–Kier alpha value is -0.850. The van der Waals surface area contributed by atoms with E-state index in [9.17, 15) is 4.39 Å². The lowest BCUT2D eigenvalue weighted by Crippen LogP contribution is -2.25. The van der Waals surface area contributed by atoms with Crippen molar-refractivity contribution in [2.45, 2.75) is 25.8 Å². The van der Waals surface area contributed by atoms with Crippen LogP contribution in [0.4, 0.5) is 10.3 Å². The average molecular weight is 345 g/mol. The van der Waals surface area contributed by atoms with E-state index in [0.717, 1.165) is 29.8 Å². The minimum Gasteiger partial charge on any atom is -0.369 e. The highest BCUT2D eigenvalue weighted by Crippen LogP contribution is 2.40. The molecule has 1 aliphatic carbocycles. The molecule has 0 aliphatic heterocycles. The van der Waals surface area contributed by atoms with Crippen molar-refractivity contribution in [1.82, 2.24) is 9.55 Å². The van der Waals surface area contributed by atoms with E-state index in [1.807, 2.05) is 27.2 Å². The van der Waals surface area contributed by atoms with Crippen molar-refractivity contribution >= 4 is 39.6 Å². The molecule has 0 spiro atoms. The molecule has 1 saturated carbocycles. The third-order valence-electron chi connectivity index (χ3n) is 3.47. The molecule has 2 aromatic rings. The molecular formula is C12H13FIN3. The van der Waals surface area contributed by atoms with Gasteiger partial charge in [-0.1, -0.05) is 6.92 Å². The summed E-state index contributed by atoms with van der Waals surface area (Å²) in [5.41, 5.74) is 7.54. The van der Waals surface area contributed by atoms with Gasteiger partial charge in [0.05, 0.1) is 14.6 Å². The van der Waals surface area contributed by atoms with E-state index in [0.29, 0.717) is 15.6 Å². The summed E-state index contributed by atoms with van der Waals surface area (Å²) >= 11 is 1.97. The van der Waals surface area contributed by atoms with Crippen molar-refractivity contribution in [3.63, 3.8) is 0 Å². The van der Waals surface area contributed by atoms with Gasteiger partial charge in [0.25, 0.3) is 0 Å². The normalized spacial score (nSPS) is 23.9. The first-order valence-corrected chi connectivity index (χ1v) is 6.76. The molecule has 0 bridgehead atoms. The van der Waals surface area contributed by atoms with E-state index in [-0.39, 0.29) is 5.82 Å². The van der Waals surface area contributed by atoms with Gasteiger partial charge in [-0.25, -0.2) is 9.37 Å². The molecule has 2 N–H and O–H groups in total. The van der Waals surface area contributed by atoms with Crippen molar-refractivity contribution in [3.05, 3.63) is 21.5 Å². The van der Waals surface area contributed by atoms with Gasteiger partial charge in [-0.3, -0.25) is 0 Å². The third kappa shape index (κ3) is 1.71. The highest BCUT2D eigenvalue weighted by atomic mass is 127. The number of nitrogens with two attached hydrogens (primary N) is 1. The van der Waals surface area contributed by atoms with Crippen LogP contribution in [-0.4, -0.2) is 9.55 Å². The number of rotatable bonds is 1. The van der Waals surface area contributed by atoms with E-state index in [2.05, 4.69) is 11.9 Å². The molecule has 1 heterocycles. The average Bonchev–Trinajstić information content (AvgIpc) is 2.51. The molecule has 3 nitrogen and oxygen atoms in total. The Morgan fingerprint density at radius 1 is 1.47 bits per heavy atom. The predicted octanol–water partition coefficient (Wildman–Crippen LogP) is 3.33. The van der Waals surface area contributed by atoms with Crippen LogP contribution in [0.15, 0.2) is 12.1 Å². The third-order valence-corrected chi connectivity index (χ3v) is 4.30. The van der Waals surface area contributed by atoms with E-state index >= 15 is 0 Å². The molecule has 3 rings (SSSR count). The number of aromatic nitrogens is 2. The van der Waals surface area contributed by atoms with Gasteiger partial charge in [0, 0.05) is 12.1 Å². The summed E-state index contributed by atoms with van der Waals surface area (Å²) in [6.07, 6.45) is 2.20. The van der Waals surface area contributed by atoms with Gasteiger partial charge < -0.3 is 10.3 Å². The maximum Gasteiger partial charge on any atom is 0.201 e. The van der Waals surface area contributed by atoms with Gasteiger partial charge >= 0.3 is 0 Å². The smallest absolute Gasteiger partial charge is 0.201 e. The Morgan fingerprint density at radius 2 is 2.18 bits per heavy atom. The van der Waals surface area contributed by atoms with Gasteiger partial charge in [-0.2, -0.15) is 0 Å². The summed E-state index contributed by atoms with van der Waals surface area (Å²) in [4.78, 5) is 4.31. The van der Waals surface area contributed by atoms with Crippen LogP contribution in [0, 0.1) is 15.3 Å². The van der Waals surface area contributed by atoms with Crippen LogP contribution in [-0.2, 0) is 0 Å². The number of hydrogen-bond donors (Lipinski definition) is 1. The molecule has 90 valence electrons. The highest BCUT2D eigenvalue weighted by Gasteiger charge is 2.29. The van der Waals surface area contributed by atoms with E-state index < -0.39 is 0 Å². The molecule has 1 aromatic carbocycles. The fourth-order valence-electron chi connectivity index (χ4n) is 2.56. The van der Waals surface area contributed by atoms with Crippen molar-refractivity contribution in [1.29, 1.82) is 0 Å². The molecule has 0 amide bonds. The topological polar surface area (TPSA) is 43.8 Å². The van der Waals surface area contributed by atoms with Crippen LogP contribution in [0.1, 0.15) is 25.8 Å². The number of nitrogens with zero attached hydrogens (tertiary/aromatic N) is 2. The van der Waals surface area contributed by atoms with Gasteiger partial charge in [-0.05, 0) is 47.4 Å². The number of benzene rings is 1. The molecule has 0 atom stereocenters. The standard InChI is InChI=1S/C12H13FIN3/c1-6-2-7(3-6)17-11-4-8(13)9(14)5-10(11)16-12(17)15/h4-7H,2-3H2,1H3,(H2,15,16). The summed E-state index contributed by atoms with van der Waals surface area (Å²) in [6, 6.07) is 3.68. The molecule has 1 aromatic heterocycles. The van der Waals surface area contributed by atoms with E-state index in [4.69, 9.17) is 5.73 Å². The maximum absolute atomic E-state index is 13.6. The number of hydrogen-bond acceptors (Lipinski definition) is 2. The first-order valence-electron chi connectivity index (χ1n) is 5.68. The van der Waals surface area contributed by atoms with Gasteiger partial charge in [0.1, 0.15) is 5.82 Å². The molecule has 1 aliphatic rings. The van der Waals surface area contributed by atoms with Gasteiger partial charge in [0.15, 0.2) is 0 Å². The van der Waals surface area contributed by atoms with Gasteiger partial charge in [-0.15, -0.1) is 0 Å². The number of fused-ring (bicyclic) bond motifs is 1. The lowest BCUT2D eigenvalue weighted by molar-refractivity contribution is 0.223. The van der Waals surface area contributed by atoms with Crippen LogP contribution in [0.5, 0.6) is 0 Å². The molecule has 0 radical (unpaired) electrons. The minimum atomic E-state index is -0.202. The highest BCUT2D eigenvalue weighted by molar-refractivity contribution is 14.1. The van der Waals surface area contributed by atoms with Crippen molar-refractivity contribution in [3.8, 4) is 0 Å². The Morgan fingerprint density at radius 3 is 2.82 bits per heavy atom. The van der Waals surface area contributed by atoms with Crippen LogP contribution in [0.3, 0.4) is 0 Å². The number of halogens is 2. The minimum absolute atomic E-state index is 0.202. The Labute approximate surface area is 112 Å². The maximum atomic E-state index is 13.6. The van der Waals surface area contributed by atoms with E-state index in [1.54, 1.807) is 12.1 Å².